The van der Waals surface area contributed by atoms with E-state index in [1.165, 1.54) is 5.56 Å². The van der Waals surface area contributed by atoms with Crippen LogP contribution in [0, 0.1) is 0 Å². The van der Waals surface area contributed by atoms with Gasteiger partial charge < -0.3 is 4.90 Å². The van der Waals surface area contributed by atoms with Crippen LogP contribution in [0.4, 0.5) is 11.4 Å². The number of aryl methyl sites for hydroxylation is 1. The zero-order chi connectivity index (χ0) is 18.0. The molecule has 0 bridgehead atoms. The lowest BCUT2D eigenvalue weighted by molar-refractivity contribution is 0.464. The second-order valence-corrected chi connectivity index (χ2v) is 8.81. The zero-order valence-corrected chi connectivity index (χ0v) is 16.1. The van der Waals surface area contributed by atoms with Gasteiger partial charge in [0.2, 0.25) is 0 Å². The summed E-state index contributed by atoms with van der Waals surface area (Å²) in [5.74, 6) is 0. The molecule has 0 radical (unpaired) electrons. The minimum atomic E-state index is -4.21. The van der Waals surface area contributed by atoms with Crippen LogP contribution in [0.2, 0.25) is 0 Å². The highest BCUT2D eigenvalue weighted by Gasteiger charge is 2.35. The molecule has 0 aliphatic carbocycles. The number of hydrogen-bond donors (Lipinski definition) is 1. The molecule has 3 rings (SSSR count). The number of benzene rings is 2. The van der Waals surface area contributed by atoms with Gasteiger partial charge in [-0.15, -0.1) is 0 Å². The minimum Gasteiger partial charge on any atom is -0.320 e. The molecule has 1 atom stereocenters. The number of fused-ring (bicyclic) bond motifs is 2. The highest BCUT2D eigenvalue weighted by molar-refractivity contribution is 7.99. The highest BCUT2D eigenvalue weighted by atomic mass is 32.2. The Labute approximate surface area is 154 Å². The number of nitrogens with zero attached hydrogens (tertiary/aromatic N) is 1. The Morgan fingerprint density at radius 1 is 1.08 bits per heavy atom. The fraction of sp³-hybridized carbons (Fsp3) is 0.368. The monoisotopic (exact) mass is 377 g/mol. The SMILES string of the molecule is CCCCc1cccc2c1Sc1ccccc1N2C(CC)S(=O)(=O)O. The molecule has 1 aliphatic heterocycles. The van der Waals surface area contributed by atoms with E-state index in [9.17, 15) is 13.0 Å². The average molecular weight is 378 g/mol. The smallest absolute Gasteiger partial charge is 0.286 e. The van der Waals surface area contributed by atoms with Gasteiger partial charge >= 0.3 is 0 Å². The predicted octanol–water partition coefficient (Wildman–Crippen LogP) is 5.26. The zero-order valence-electron chi connectivity index (χ0n) is 14.5. The van der Waals surface area contributed by atoms with Crippen LogP contribution in [0.3, 0.4) is 0 Å². The molecule has 0 fully saturated rings. The molecule has 2 aromatic rings. The third-order valence-corrected chi connectivity index (χ3v) is 6.93. The van der Waals surface area contributed by atoms with Gasteiger partial charge in [-0.05, 0) is 43.0 Å². The average Bonchev–Trinajstić information content (AvgIpc) is 2.59. The van der Waals surface area contributed by atoms with Gasteiger partial charge in [0.1, 0.15) is 0 Å². The Hall–Kier alpha value is -1.50. The van der Waals surface area contributed by atoms with Gasteiger partial charge in [-0.25, -0.2) is 0 Å². The van der Waals surface area contributed by atoms with E-state index in [1.54, 1.807) is 23.6 Å². The van der Waals surface area contributed by atoms with Gasteiger partial charge in [0.15, 0.2) is 5.37 Å². The van der Waals surface area contributed by atoms with E-state index in [2.05, 4.69) is 13.0 Å². The summed E-state index contributed by atoms with van der Waals surface area (Å²) >= 11 is 1.68. The molecule has 134 valence electrons. The Kier molecular flexibility index (Phi) is 5.41. The van der Waals surface area contributed by atoms with Gasteiger partial charge in [0.25, 0.3) is 10.1 Å². The molecule has 1 unspecified atom stereocenters. The predicted molar refractivity (Wildman–Crippen MR) is 103 cm³/mol. The molecule has 1 N–H and O–H groups in total. The van der Waals surface area contributed by atoms with E-state index in [0.29, 0.717) is 6.42 Å². The van der Waals surface area contributed by atoms with E-state index in [1.807, 2.05) is 36.4 Å². The molecule has 4 nitrogen and oxygen atoms in total. The maximum absolute atomic E-state index is 12.0. The van der Waals surface area contributed by atoms with E-state index >= 15 is 0 Å². The van der Waals surface area contributed by atoms with Crippen LogP contribution in [-0.2, 0) is 16.5 Å². The molecular weight excluding hydrogens is 354 g/mol. The number of unbranched alkanes of at least 4 members (excludes halogenated alkanes) is 1. The first kappa shape index (κ1) is 18.3. The van der Waals surface area contributed by atoms with Crippen LogP contribution in [0.5, 0.6) is 0 Å². The standard InChI is InChI=1S/C19H23NO3S2/c1-3-5-9-14-10-8-12-16-19(14)24-17-13-7-6-11-15(17)20(16)18(4-2)25(21,22)23/h6-8,10-13,18H,3-5,9H2,1-2H3,(H,21,22,23). The molecule has 0 amide bonds. The molecule has 0 aromatic heterocycles. The Morgan fingerprint density at radius 2 is 1.80 bits per heavy atom. The van der Waals surface area contributed by atoms with Crippen molar-refractivity contribution in [2.24, 2.45) is 0 Å². The first-order valence-corrected chi connectivity index (χ1v) is 10.9. The molecule has 2 aromatic carbocycles. The van der Waals surface area contributed by atoms with Gasteiger partial charge in [-0.2, -0.15) is 8.42 Å². The maximum Gasteiger partial charge on any atom is 0.286 e. The summed E-state index contributed by atoms with van der Waals surface area (Å²) in [5, 5.41) is -0.991. The van der Waals surface area contributed by atoms with Crippen molar-refractivity contribution in [1.82, 2.24) is 0 Å². The van der Waals surface area contributed by atoms with Crippen LogP contribution < -0.4 is 4.90 Å². The third-order valence-electron chi connectivity index (χ3n) is 4.45. The number of hydrogen-bond acceptors (Lipinski definition) is 4. The Bertz CT molecular complexity index is 865. The summed E-state index contributed by atoms with van der Waals surface area (Å²) in [6.07, 6.45) is 3.47. The van der Waals surface area contributed by atoms with Crippen molar-refractivity contribution >= 4 is 33.3 Å². The maximum atomic E-state index is 12.0. The normalized spacial score (nSPS) is 14.8. The largest absolute Gasteiger partial charge is 0.320 e. The second-order valence-electron chi connectivity index (χ2n) is 6.19. The summed E-state index contributed by atoms with van der Waals surface area (Å²) in [6, 6.07) is 13.8. The summed E-state index contributed by atoms with van der Waals surface area (Å²) in [6.45, 7) is 3.94. The van der Waals surface area contributed by atoms with Crippen molar-refractivity contribution in [3.63, 3.8) is 0 Å². The third kappa shape index (κ3) is 3.57. The van der Waals surface area contributed by atoms with Crippen LogP contribution >= 0.6 is 11.8 Å². The first-order chi connectivity index (χ1) is 12.0. The second kappa shape index (κ2) is 7.40. The van der Waals surface area contributed by atoms with Gasteiger partial charge in [-0.3, -0.25) is 4.55 Å². The lowest BCUT2D eigenvalue weighted by Gasteiger charge is -2.37. The van der Waals surface area contributed by atoms with E-state index in [4.69, 9.17) is 0 Å². The summed E-state index contributed by atoms with van der Waals surface area (Å²) in [5.41, 5.74) is 2.92. The first-order valence-electron chi connectivity index (χ1n) is 8.61. The van der Waals surface area contributed by atoms with Crippen LogP contribution in [0.25, 0.3) is 0 Å². The van der Waals surface area contributed by atoms with E-state index in [-0.39, 0.29) is 0 Å². The van der Waals surface area contributed by atoms with Crippen LogP contribution in [0.1, 0.15) is 38.7 Å². The van der Waals surface area contributed by atoms with Crippen molar-refractivity contribution in [3.05, 3.63) is 48.0 Å². The summed E-state index contributed by atoms with van der Waals surface area (Å²) in [4.78, 5) is 3.89. The number of anilines is 2. The molecule has 1 aliphatic rings. The lowest BCUT2D eigenvalue weighted by atomic mass is 10.1. The van der Waals surface area contributed by atoms with E-state index < -0.39 is 15.5 Å². The summed E-state index contributed by atoms with van der Waals surface area (Å²) in [7, 11) is -4.21. The molecule has 0 saturated heterocycles. The molecule has 0 saturated carbocycles. The molecule has 1 heterocycles. The Balaban J connectivity index is 2.19. The van der Waals surface area contributed by atoms with Gasteiger partial charge in [-0.1, -0.05) is 56.3 Å². The number of rotatable bonds is 6. The Morgan fingerprint density at radius 3 is 2.48 bits per heavy atom. The molecular formula is C19H23NO3S2. The van der Waals surface area contributed by atoms with Crippen molar-refractivity contribution in [1.29, 1.82) is 0 Å². The minimum absolute atomic E-state index is 0.302. The van der Waals surface area contributed by atoms with Crippen molar-refractivity contribution in [2.75, 3.05) is 4.90 Å². The summed E-state index contributed by atoms with van der Waals surface area (Å²) < 4.78 is 33.9. The molecule has 6 heteroatoms. The van der Waals surface area contributed by atoms with Gasteiger partial charge in [0, 0.05) is 9.79 Å². The van der Waals surface area contributed by atoms with Crippen LogP contribution in [-0.4, -0.2) is 18.3 Å². The van der Waals surface area contributed by atoms with Crippen molar-refractivity contribution in [3.8, 4) is 0 Å². The quantitative estimate of drug-likeness (QED) is 0.696. The molecule has 25 heavy (non-hydrogen) atoms. The van der Waals surface area contributed by atoms with Gasteiger partial charge in [0.05, 0.1) is 11.4 Å². The molecule has 0 spiro atoms. The topological polar surface area (TPSA) is 57.6 Å². The fourth-order valence-corrected chi connectivity index (χ4v) is 5.39. The van der Waals surface area contributed by atoms with Crippen molar-refractivity contribution < 1.29 is 13.0 Å². The highest BCUT2D eigenvalue weighted by Crippen LogP contribution is 2.51. The van der Waals surface area contributed by atoms with E-state index in [0.717, 1.165) is 40.4 Å². The fourth-order valence-electron chi connectivity index (χ4n) is 3.26. The van der Waals surface area contributed by atoms with Crippen molar-refractivity contribution in [2.45, 2.75) is 54.7 Å². The lowest BCUT2D eigenvalue weighted by Crippen LogP contribution is -2.38. The number of para-hydroxylation sites is 1. The van der Waals surface area contributed by atoms with Crippen LogP contribution in [0.15, 0.2) is 52.3 Å².